The van der Waals surface area contributed by atoms with Gasteiger partial charge in [-0.15, -0.1) is 0 Å². The third-order valence-electron chi connectivity index (χ3n) is 3.45. The van der Waals surface area contributed by atoms with Crippen LogP contribution >= 0.6 is 0 Å². The maximum atomic E-state index is 11.6. The van der Waals surface area contributed by atoms with Crippen molar-refractivity contribution in [3.63, 3.8) is 0 Å². The predicted octanol–water partition coefficient (Wildman–Crippen LogP) is 1.04. The van der Waals surface area contributed by atoms with Gasteiger partial charge >= 0.3 is 0 Å². The second-order valence-corrected chi connectivity index (χ2v) is 5.06. The summed E-state index contributed by atoms with van der Waals surface area (Å²) in [4.78, 5) is 24.9. The number of anilines is 1. The van der Waals surface area contributed by atoms with Gasteiger partial charge in [0.1, 0.15) is 6.04 Å². The molecule has 1 aliphatic heterocycles. The predicted molar refractivity (Wildman–Crippen MR) is 78.4 cm³/mol. The number of piperazine rings is 1. The number of benzene rings is 1. The zero-order valence-electron chi connectivity index (χ0n) is 12.0. The fraction of sp³-hybridized carbons (Fsp3) is 0.467. The monoisotopic (exact) mass is 275 g/mol. The van der Waals surface area contributed by atoms with E-state index in [9.17, 15) is 9.59 Å². The lowest BCUT2D eigenvalue weighted by atomic mass is 10.1. The van der Waals surface area contributed by atoms with Crippen LogP contribution in [-0.4, -0.2) is 30.9 Å². The van der Waals surface area contributed by atoms with Crippen molar-refractivity contribution in [2.45, 2.75) is 32.9 Å². The Morgan fingerprint density at radius 2 is 2.00 bits per heavy atom. The normalized spacial score (nSPS) is 19.1. The number of carbonyl (C=O) groups excluding carboxylic acids is 2. The second kappa shape index (κ2) is 6.52. The summed E-state index contributed by atoms with van der Waals surface area (Å²) in [5, 5.41) is 5.69. The van der Waals surface area contributed by atoms with Crippen molar-refractivity contribution in [2.75, 3.05) is 18.0 Å². The van der Waals surface area contributed by atoms with Gasteiger partial charge in [0.05, 0.1) is 6.54 Å². The van der Waals surface area contributed by atoms with Gasteiger partial charge in [-0.1, -0.05) is 19.1 Å². The van der Waals surface area contributed by atoms with Gasteiger partial charge in [0.15, 0.2) is 0 Å². The Kier molecular flexibility index (Phi) is 4.74. The standard InChI is InChI=1S/C15H21N3O2/c1-3-8-16-9-12-4-6-13(7-5-12)18-10-14(19)17-15(20)11(18)2/h4-7,11,16H,3,8-10H2,1-2H3,(H,17,19,20). The molecule has 2 amide bonds. The highest BCUT2D eigenvalue weighted by Gasteiger charge is 2.30. The van der Waals surface area contributed by atoms with Gasteiger partial charge in [0.2, 0.25) is 11.8 Å². The molecule has 0 aromatic heterocycles. The molecule has 20 heavy (non-hydrogen) atoms. The molecule has 108 valence electrons. The zero-order chi connectivity index (χ0) is 14.5. The van der Waals surface area contributed by atoms with Crippen LogP contribution in [0.15, 0.2) is 24.3 Å². The average Bonchev–Trinajstić information content (AvgIpc) is 2.44. The van der Waals surface area contributed by atoms with E-state index in [-0.39, 0.29) is 24.4 Å². The van der Waals surface area contributed by atoms with Gasteiger partial charge in [-0.25, -0.2) is 0 Å². The Labute approximate surface area is 119 Å². The molecule has 0 aliphatic carbocycles. The minimum Gasteiger partial charge on any atom is -0.350 e. The fourth-order valence-corrected chi connectivity index (χ4v) is 2.24. The van der Waals surface area contributed by atoms with E-state index in [4.69, 9.17) is 0 Å². The maximum Gasteiger partial charge on any atom is 0.249 e. The van der Waals surface area contributed by atoms with E-state index in [0.717, 1.165) is 25.2 Å². The molecule has 1 unspecified atom stereocenters. The minimum absolute atomic E-state index is 0.223. The number of hydrogen-bond acceptors (Lipinski definition) is 4. The minimum atomic E-state index is -0.322. The lowest BCUT2D eigenvalue weighted by molar-refractivity contribution is -0.132. The Hall–Kier alpha value is -1.88. The van der Waals surface area contributed by atoms with E-state index in [1.54, 1.807) is 6.92 Å². The Morgan fingerprint density at radius 3 is 2.65 bits per heavy atom. The number of nitrogens with zero attached hydrogens (tertiary/aromatic N) is 1. The number of amides is 2. The number of imide groups is 1. The molecule has 2 rings (SSSR count). The molecular formula is C15H21N3O2. The lowest BCUT2D eigenvalue weighted by Crippen LogP contribution is -2.57. The van der Waals surface area contributed by atoms with E-state index >= 15 is 0 Å². The van der Waals surface area contributed by atoms with Crippen LogP contribution in [0, 0.1) is 0 Å². The number of nitrogens with one attached hydrogen (secondary N) is 2. The van der Waals surface area contributed by atoms with Gasteiger partial charge in [0, 0.05) is 12.2 Å². The first kappa shape index (κ1) is 14.5. The topological polar surface area (TPSA) is 61.4 Å². The van der Waals surface area contributed by atoms with E-state index in [0.29, 0.717) is 0 Å². The summed E-state index contributed by atoms with van der Waals surface area (Å²) >= 11 is 0. The highest BCUT2D eigenvalue weighted by molar-refractivity contribution is 6.04. The number of rotatable bonds is 5. The molecule has 1 heterocycles. The maximum absolute atomic E-state index is 11.6. The summed E-state index contributed by atoms with van der Waals surface area (Å²) in [6, 6.07) is 7.66. The van der Waals surface area contributed by atoms with Crippen molar-refractivity contribution in [1.29, 1.82) is 0 Å². The van der Waals surface area contributed by atoms with Crippen LogP contribution in [0.2, 0.25) is 0 Å². The third kappa shape index (κ3) is 3.36. The van der Waals surface area contributed by atoms with E-state index in [1.165, 1.54) is 5.56 Å². The largest absolute Gasteiger partial charge is 0.350 e. The summed E-state index contributed by atoms with van der Waals surface area (Å²) < 4.78 is 0. The molecule has 2 N–H and O–H groups in total. The summed E-state index contributed by atoms with van der Waals surface area (Å²) in [6.45, 7) is 6.00. The summed E-state index contributed by atoms with van der Waals surface area (Å²) in [6.07, 6.45) is 1.11. The van der Waals surface area contributed by atoms with E-state index in [1.807, 2.05) is 29.2 Å². The molecule has 0 saturated carbocycles. The first-order valence-electron chi connectivity index (χ1n) is 7.01. The van der Waals surface area contributed by atoms with Gasteiger partial charge < -0.3 is 10.2 Å². The van der Waals surface area contributed by atoms with Gasteiger partial charge in [-0.2, -0.15) is 0 Å². The molecule has 1 fully saturated rings. The molecule has 0 bridgehead atoms. The van der Waals surface area contributed by atoms with Crippen LogP contribution in [0.25, 0.3) is 0 Å². The number of hydrogen-bond donors (Lipinski definition) is 2. The van der Waals surface area contributed by atoms with Crippen LogP contribution in [0.4, 0.5) is 5.69 Å². The first-order chi connectivity index (χ1) is 9.61. The third-order valence-corrected chi connectivity index (χ3v) is 3.45. The van der Waals surface area contributed by atoms with Crippen LogP contribution in [0.1, 0.15) is 25.8 Å². The SMILES string of the molecule is CCCNCc1ccc(N2CC(=O)NC(=O)C2C)cc1. The van der Waals surface area contributed by atoms with Crippen molar-refractivity contribution in [2.24, 2.45) is 0 Å². The molecule has 1 saturated heterocycles. The molecule has 0 spiro atoms. The Morgan fingerprint density at radius 1 is 1.30 bits per heavy atom. The second-order valence-electron chi connectivity index (χ2n) is 5.06. The average molecular weight is 275 g/mol. The summed E-state index contributed by atoms with van der Waals surface area (Å²) in [7, 11) is 0. The fourth-order valence-electron chi connectivity index (χ4n) is 2.24. The van der Waals surface area contributed by atoms with Crippen molar-refractivity contribution in [3.05, 3.63) is 29.8 Å². The Bertz CT molecular complexity index is 484. The smallest absolute Gasteiger partial charge is 0.249 e. The number of carbonyl (C=O) groups is 2. The van der Waals surface area contributed by atoms with Crippen molar-refractivity contribution >= 4 is 17.5 Å². The molecular weight excluding hydrogens is 254 g/mol. The van der Waals surface area contributed by atoms with Gasteiger partial charge in [0.25, 0.3) is 0 Å². The quantitative estimate of drug-likeness (QED) is 0.622. The molecule has 1 aromatic carbocycles. The highest BCUT2D eigenvalue weighted by atomic mass is 16.2. The van der Waals surface area contributed by atoms with Gasteiger partial charge in [-0.05, 0) is 37.6 Å². The molecule has 1 atom stereocenters. The van der Waals surface area contributed by atoms with Gasteiger partial charge in [-0.3, -0.25) is 14.9 Å². The molecule has 1 aromatic rings. The molecule has 5 nitrogen and oxygen atoms in total. The lowest BCUT2D eigenvalue weighted by Gasteiger charge is -2.33. The van der Waals surface area contributed by atoms with E-state index in [2.05, 4.69) is 17.6 Å². The van der Waals surface area contributed by atoms with Crippen LogP contribution in [0.5, 0.6) is 0 Å². The van der Waals surface area contributed by atoms with E-state index < -0.39 is 0 Å². The van der Waals surface area contributed by atoms with Crippen LogP contribution in [0.3, 0.4) is 0 Å². The van der Waals surface area contributed by atoms with Crippen LogP contribution < -0.4 is 15.5 Å². The highest BCUT2D eigenvalue weighted by Crippen LogP contribution is 2.19. The van der Waals surface area contributed by atoms with Crippen molar-refractivity contribution < 1.29 is 9.59 Å². The zero-order valence-corrected chi connectivity index (χ0v) is 12.0. The summed E-state index contributed by atoms with van der Waals surface area (Å²) in [5.41, 5.74) is 2.10. The Balaban J connectivity index is 2.05. The first-order valence-corrected chi connectivity index (χ1v) is 7.01. The summed E-state index contributed by atoms with van der Waals surface area (Å²) in [5.74, 6) is -0.489. The molecule has 0 radical (unpaired) electrons. The van der Waals surface area contributed by atoms with Crippen molar-refractivity contribution in [1.82, 2.24) is 10.6 Å². The molecule has 1 aliphatic rings. The molecule has 5 heteroatoms. The van der Waals surface area contributed by atoms with Crippen molar-refractivity contribution in [3.8, 4) is 0 Å². The van der Waals surface area contributed by atoms with Crippen LogP contribution in [-0.2, 0) is 16.1 Å².